The molecule has 1 saturated carbocycles. The maximum absolute atomic E-state index is 4.51. The van der Waals surface area contributed by atoms with E-state index in [4.69, 9.17) is 0 Å². The van der Waals surface area contributed by atoms with Gasteiger partial charge in [-0.2, -0.15) is 5.10 Å². The zero-order valence-corrected chi connectivity index (χ0v) is 9.79. The second-order valence-corrected chi connectivity index (χ2v) is 4.44. The smallest absolute Gasteiger partial charge is 0.0537 e. The second-order valence-electron chi connectivity index (χ2n) is 4.44. The minimum atomic E-state index is 0.799. The highest BCUT2D eigenvalue weighted by Crippen LogP contribution is 2.41. The van der Waals surface area contributed by atoms with Crippen molar-refractivity contribution in [1.82, 2.24) is 15.1 Å². The summed E-state index contributed by atoms with van der Waals surface area (Å²) >= 11 is 0. The number of hydrogen-bond donors (Lipinski definition) is 1. The fourth-order valence-electron chi connectivity index (χ4n) is 2.08. The van der Waals surface area contributed by atoms with E-state index in [1.807, 2.05) is 13.2 Å². The molecule has 0 bridgehead atoms. The van der Waals surface area contributed by atoms with Crippen molar-refractivity contribution in [2.24, 2.45) is 0 Å². The fraction of sp³-hybridized carbons (Fsp3) is 0.750. The van der Waals surface area contributed by atoms with Crippen LogP contribution in [0.5, 0.6) is 0 Å². The van der Waals surface area contributed by atoms with Gasteiger partial charge in [-0.05, 0) is 26.3 Å². The van der Waals surface area contributed by atoms with Crippen molar-refractivity contribution in [3.63, 3.8) is 0 Å². The van der Waals surface area contributed by atoms with E-state index in [0.29, 0.717) is 0 Å². The highest BCUT2D eigenvalue weighted by atomic mass is 15.3. The summed E-state index contributed by atoms with van der Waals surface area (Å²) < 4.78 is 2.23. The highest BCUT2D eigenvalue weighted by molar-refractivity contribution is 5.25. The van der Waals surface area contributed by atoms with Gasteiger partial charge < -0.3 is 5.32 Å². The number of rotatable bonds is 6. The summed E-state index contributed by atoms with van der Waals surface area (Å²) in [5.41, 5.74) is 2.90. The molecule has 3 nitrogen and oxygen atoms in total. The van der Waals surface area contributed by atoms with Gasteiger partial charge in [-0.1, -0.05) is 13.3 Å². The van der Waals surface area contributed by atoms with Crippen LogP contribution in [0.4, 0.5) is 0 Å². The predicted octanol–water partition coefficient (Wildman–Crippen LogP) is 2.28. The average Bonchev–Trinajstić information content (AvgIpc) is 3.00. The molecule has 0 spiro atoms. The first-order chi connectivity index (χ1) is 7.36. The molecule has 1 heterocycles. The summed E-state index contributed by atoms with van der Waals surface area (Å²) in [7, 11) is 2.00. The van der Waals surface area contributed by atoms with Gasteiger partial charge >= 0.3 is 0 Å². The molecule has 15 heavy (non-hydrogen) atoms. The largest absolute Gasteiger partial charge is 0.316 e. The predicted molar refractivity (Wildman–Crippen MR) is 61.9 cm³/mol. The normalized spacial score (nSPS) is 15.9. The maximum Gasteiger partial charge on any atom is 0.0537 e. The topological polar surface area (TPSA) is 29.9 Å². The van der Waals surface area contributed by atoms with Crippen LogP contribution in [-0.4, -0.2) is 16.8 Å². The molecule has 3 heteroatoms. The van der Waals surface area contributed by atoms with Crippen LogP contribution in [0.3, 0.4) is 0 Å². The van der Waals surface area contributed by atoms with Crippen molar-refractivity contribution in [2.75, 3.05) is 7.05 Å². The van der Waals surface area contributed by atoms with E-state index < -0.39 is 0 Å². The third-order valence-electron chi connectivity index (χ3n) is 3.01. The Balaban J connectivity index is 2.13. The zero-order chi connectivity index (χ0) is 10.7. The van der Waals surface area contributed by atoms with Crippen LogP contribution in [0.2, 0.25) is 0 Å². The number of aromatic nitrogens is 2. The summed E-state index contributed by atoms with van der Waals surface area (Å²) in [5.74, 6) is 0.799. The van der Waals surface area contributed by atoms with Crippen LogP contribution in [0, 0.1) is 0 Å². The lowest BCUT2D eigenvalue weighted by Crippen LogP contribution is -2.09. The number of aryl methyl sites for hydroxylation is 1. The summed E-state index contributed by atoms with van der Waals surface area (Å²) in [6.07, 6.45) is 7.23. The van der Waals surface area contributed by atoms with Crippen LogP contribution in [0.15, 0.2) is 6.20 Å². The molecule has 1 aliphatic rings. The molecule has 0 amide bonds. The summed E-state index contributed by atoms with van der Waals surface area (Å²) in [6.45, 7) is 4.28. The molecule has 0 atom stereocenters. The number of nitrogens with one attached hydrogen (secondary N) is 1. The monoisotopic (exact) mass is 207 g/mol. The SMILES string of the molecule is CCCCn1ncc(CNC)c1C1CC1. The lowest BCUT2D eigenvalue weighted by molar-refractivity contribution is 0.547. The third kappa shape index (κ3) is 2.40. The van der Waals surface area contributed by atoms with E-state index in [0.717, 1.165) is 19.0 Å². The quantitative estimate of drug-likeness (QED) is 0.775. The Morgan fingerprint density at radius 2 is 2.33 bits per heavy atom. The van der Waals surface area contributed by atoms with E-state index >= 15 is 0 Å². The van der Waals surface area contributed by atoms with Crippen LogP contribution < -0.4 is 5.32 Å². The molecule has 1 aliphatic carbocycles. The number of unbranched alkanes of at least 4 members (excludes halogenated alkanes) is 1. The van der Waals surface area contributed by atoms with Gasteiger partial charge in [0.25, 0.3) is 0 Å². The Hall–Kier alpha value is -0.830. The molecule has 2 rings (SSSR count). The van der Waals surface area contributed by atoms with Gasteiger partial charge in [-0.25, -0.2) is 0 Å². The Morgan fingerprint density at radius 3 is 2.93 bits per heavy atom. The third-order valence-corrected chi connectivity index (χ3v) is 3.01. The van der Waals surface area contributed by atoms with Crippen molar-refractivity contribution in [2.45, 2.75) is 51.6 Å². The van der Waals surface area contributed by atoms with Crippen LogP contribution >= 0.6 is 0 Å². The zero-order valence-electron chi connectivity index (χ0n) is 9.79. The summed E-state index contributed by atoms with van der Waals surface area (Å²) in [5, 5.41) is 7.73. The minimum Gasteiger partial charge on any atom is -0.316 e. The Bertz CT molecular complexity index is 313. The molecule has 1 fully saturated rings. The molecule has 1 aromatic rings. The number of hydrogen-bond acceptors (Lipinski definition) is 2. The molecule has 0 unspecified atom stereocenters. The van der Waals surface area contributed by atoms with Crippen molar-refractivity contribution in [1.29, 1.82) is 0 Å². The summed E-state index contributed by atoms with van der Waals surface area (Å²) in [6, 6.07) is 0. The maximum atomic E-state index is 4.51. The lowest BCUT2D eigenvalue weighted by atomic mass is 10.1. The molecular weight excluding hydrogens is 186 g/mol. The number of nitrogens with zero attached hydrogens (tertiary/aromatic N) is 2. The van der Waals surface area contributed by atoms with Crippen LogP contribution in [0.25, 0.3) is 0 Å². The van der Waals surface area contributed by atoms with Crippen molar-refractivity contribution >= 4 is 0 Å². The molecule has 0 aliphatic heterocycles. The van der Waals surface area contributed by atoms with Gasteiger partial charge in [-0.15, -0.1) is 0 Å². The first kappa shape index (κ1) is 10.7. The molecular formula is C12H21N3. The fourth-order valence-corrected chi connectivity index (χ4v) is 2.08. The van der Waals surface area contributed by atoms with E-state index in [1.165, 1.54) is 36.9 Å². The molecule has 1 N–H and O–H groups in total. The van der Waals surface area contributed by atoms with Crippen LogP contribution in [-0.2, 0) is 13.1 Å². The standard InChI is InChI=1S/C12H21N3/c1-3-4-7-15-12(10-5-6-10)11(8-13-2)9-14-15/h9-10,13H,3-8H2,1-2H3. The van der Waals surface area contributed by atoms with Crippen molar-refractivity contribution in [3.05, 3.63) is 17.5 Å². The average molecular weight is 207 g/mol. The van der Waals surface area contributed by atoms with E-state index in [2.05, 4.69) is 22.0 Å². The minimum absolute atomic E-state index is 0.799. The Morgan fingerprint density at radius 1 is 1.53 bits per heavy atom. The second kappa shape index (κ2) is 4.79. The van der Waals surface area contributed by atoms with Crippen molar-refractivity contribution in [3.8, 4) is 0 Å². The molecule has 84 valence electrons. The van der Waals surface area contributed by atoms with Gasteiger partial charge in [0.05, 0.1) is 6.20 Å². The Kier molecular flexibility index (Phi) is 3.41. The first-order valence-corrected chi connectivity index (χ1v) is 6.06. The highest BCUT2D eigenvalue weighted by Gasteiger charge is 2.29. The van der Waals surface area contributed by atoms with Crippen LogP contribution in [0.1, 0.15) is 49.8 Å². The molecule has 0 saturated heterocycles. The van der Waals surface area contributed by atoms with Gasteiger partial charge in [0.15, 0.2) is 0 Å². The summed E-state index contributed by atoms with van der Waals surface area (Å²) in [4.78, 5) is 0. The van der Waals surface area contributed by atoms with Crippen molar-refractivity contribution < 1.29 is 0 Å². The Labute approximate surface area is 91.9 Å². The van der Waals surface area contributed by atoms with E-state index in [9.17, 15) is 0 Å². The van der Waals surface area contributed by atoms with E-state index in [1.54, 1.807) is 0 Å². The van der Waals surface area contributed by atoms with Gasteiger partial charge in [0.1, 0.15) is 0 Å². The first-order valence-electron chi connectivity index (χ1n) is 6.06. The molecule has 0 aromatic carbocycles. The van der Waals surface area contributed by atoms with Gasteiger partial charge in [0, 0.05) is 30.3 Å². The molecule has 0 radical (unpaired) electrons. The van der Waals surface area contributed by atoms with E-state index in [-0.39, 0.29) is 0 Å². The van der Waals surface area contributed by atoms with Gasteiger partial charge in [0.2, 0.25) is 0 Å². The molecule has 1 aromatic heterocycles. The lowest BCUT2D eigenvalue weighted by Gasteiger charge is -2.08. The van der Waals surface area contributed by atoms with Gasteiger partial charge in [-0.3, -0.25) is 4.68 Å².